The summed E-state index contributed by atoms with van der Waals surface area (Å²) in [6.07, 6.45) is 1.52. The summed E-state index contributed by atoms with van der Waals surface area (Å²) < 4.78 is 15.8. The lowest BCUT2D eigenvalue weighted by Gasteiger charge is -2.12. The van der Waals surface area contributed by atoms with E-state index in [-0.39, 0.29) is 5.91 Å². The Hall–Kier alpha value is -2.38. The second-order valence-electron chi connectivity index (χ2n) is 5.37. The Morgan fingerprint density at radius 3 is 2.44 bits per heavy atom. The summed E-state index contributed by atoms with van der Waals surface area (Å²) in [5.74, 6) is 2.33. The van der Waals surface area contributed by atoms with E-state index < -0.39 is 0 Å². The van der Waals surface area contributed by atoms with Crippen LogP contribution in [0, 0.1) is 0 Å². The van der Waals surface area contributed by atoms with Gasteiger partial charge in [-0.15, -0.1) is 11.8 Å². The molecule has 0 aliphatic heterocycles. The summed E-state index contributed by atoms with van der Waals surface area (Å²) in [5.41, 5.74) is 4.28. The van der Waals surface area contributed by atoms with Gasteiger partial charge in [0.25, 0.3) is 0 Å². The summed E-state index contributed by atoms with van der Waals surface area (Å²) >= 11 is 7.43. The van der Waals surface area contributed by atoms with Crippen molar-refractivity contribution in [2.45, 2.75) is 5.75 Å². The summed E-state index contributed by atoms with van der Waals surface area (Å²) in [4.78, 5) is 11.9. The van der Waals surface area contributed by atoms with Gasteiger partial charge in [0.15, 0.2) is 11.5 Å². The molecule has 8 heteroatoms. The predicted octanol–water partition coefficient (Wildman–Crippen LogP) is 3.75. The van der Waals surface area contributed by atoms with Crippen LogP contribution in [-0.4, -0.2) is 39.2 Å². The van der Waals surface area contributed by atoms with Gasteiger partial charge in [-0.2, -0.15) is 5.10 Å². The molecule has 144 valence electrons. The molecule has 1 amide bonds. The number of methoxy groups -OCH3 is 3. The van der Waals surface area contributed by atoms with Crippen molar-refractivity contribution in [1.29, 1.82) is 0 Å². The molecule has 0 aliphatic rings. The van der Waals surface area contributed by atoms with Crippen molar-refractivity contribution in [2.24, 2.45) is 5.10 Å². The molecular weight excluding hydrogens is 388 g/mol. The number of benzene rings is 2. The summed E-state index contributed by atoms with van der Waals surface area (Å²) in [6, 6.07) is 11.0. The van der Waals surface area contributed by atoms with Crippen LogP contribution in [0.4, 0.5) is 0 Å². The number of halogens is 1. The largest absolute Gasteiger partial charge is 0.493 e. The topological polar surface area (TPSA) is 69.2 Å². The van der Waals surface area contributed by atoms with Crippen molar-refractivity contribution in [3.63, 3.8) is 0 Å². The van der Waals surface area contributed by atoms with E-state index in [0.29, 0.717) is 39.3 Å². The number of carbonyl (C=O) groups is 1. The molecule has 0 bridgehead atoms. The average molecular weight is 409 g/mol. The number of nitrogens with one attached hydrogen (secondary N) is 1. The normalized spacial score (nSPS) is 10.7. The van der Waals surface area contributed by atoms with Crippen molar-refractivity contribution in [2.75, 3.05) is 27.1 Å². The zero-order valence-corrected chi connectivity index (χ0v) is 16.9. The Bertz CT molecular complexity index is 789. The second-order valence-corrected chi connectivity index (χ2v) is 6.80. The lowest BCUT2D eigenvalue weighted by atomic mass is 10.2. The molecule has 0 atom stereocenters. The summed E-state index contributed by atoms with van der Waals surface area (Å²) in [5, 5.41) is 4.66. The molecule has 2 aromatic rings. The van der Waals surface area contributed by atoms with Gasteiger partial charge < -0.3 is 14.2 Å². The number of hydrogen-bond donors (Lipinski definition) is 1. The number of hydrazone groups is 1. The molecule has 0 saturated heterocycles. The van der Waals surface area contributed by atoms with Crippen molar-refractivity contribution in [3.05, 3.63) is 52.5 Å². The van der Waals surface area contributed by atoms with E-state index in [2.05, 4.69) is 10.5 Å². The van der Waals surface area contributed by atoms with Gasteiger partial charge >= 0.3 is 0 Å². The number of amides is 1. The molecule has 0 saturated carbocycles. The van der Waals surface area contributed by atoms with Gasteiger partial charge in [-0.1, -0.05) is 23.7 Å². The minimum absolute atomic E-state index is 0.189. The van der Waals surface area contributed by atoms with E-state index in [1.807, 2.05) is 24.3 Å². The molecule has 2 aromatic carbocycles. The number of hydrogen-bond acceptors (Lipinski definition) is 6. The van der Waals surface area contributed by atoms with Crippen LogP contribution < -0.4 is 19.6 Å². The molecule has 0 spiro atoms. The lowest BCUT2D eigenvalue weighted by molar-refractivity contribution is -0.118. The van der Waals surface area contributed by atoms with Crippen LogP contribution in [0.5, 0.6) is 17.2 Å². The monoisotopic (exact) mass is 408 g/mol. The van der Waals surface area contributed by atoms with Gasteiger partial charge in [0, 0.05) is 16.3 Å². The van der Waals surface area contributed by atoms with Crippen LogP contribution in [0.2, 0.25) is 5.02 Å². The van der Waals surface area contributed by atoms with E-state index in [0.717, 1.165) is 5.56 Å². The van der Waals surface area contributed by atoms with Crippen molar-refractivity contribution in [1.82, 2.24) is 5.43 Å². The fourth-order valence-electron chi connectivity index (χ4n) is 2.28. The van der Waals surface area contributed by atoms with Crippen LogP contribution in [0.25, 0.3) is 0 Å². The molecule has 0 aliphatic carbocycles. The first-order valence-electron chi connectivity index (χ1n) is 8.01. The molecule has 0 unspecified atom stereocenters. The third-order valence-electron chi connectivity index (χ3n) is 3.48. The highest BCUT2D eigenvalue weighted by atomic mass is 35.5. The molecule has 0 fully saturated rings. The minimum Gasteiger partial charge on any atom is -0.493 e. The van der Waals surface area contributed by atoms with Gasteiger partial charge in [-0.25, -0.2) is 5.43 Å². The van der Waals surface area contributed by atoms with E-state index >= 15 is 0 Å². The van der Waals surface area contributed by atoms with Crippen LogP contribution >= 0.6 is 23.4 Å². The van der Waals surface area contributed by atoms with E-state index in [4.69, 9.17) is 25.8 Å². The Morgan fingerprint density at radius 2 is 1.85 bits per heavy atom. The fourth-order valence-corrected chi connectivity index (χ4v) is 3.26. The molecule has 6 nitrogen and oxygen atoms in total. The molecule has 2 rings (SSSR count). The summed E-state index contributed by atoms with van der Waals surface area (Å²) in [7, 11) is 4.61. The maximum Gasteiger partial charge on any atom is 0.250 e. The maximum absolute atomic E-state index is 11.9. The van der Waals surface area contributed by atoms with Crippen molar-refractivity contribution < 1.29 is 19.0 Å². The minimum atomic E-state index is -0.189. The first kappa shape index (κ1) is 20.9. The Labute approximate surface area is 167 Å². The third-order valence-corrected chi connectivity index (χ3v) is 4.72. The van der Waals surface area contributed by atoms with E-state index in [9.17, 15) is 4.79 Å². The molecule has 0 aromatic heterocycles. The quantitative estimate of drug-likeness (QED) is 0.505. The van der Waals surface area contributed by atoms with Gasteiger partial charge in [-0.05, 0) is 29.8 Å². The molecular formula is C19H21ClN2O4S. The zero-order valence-electron chi connectivity index (χ0n) is 15.3. The highest BCUT2D eigenvalue weighted by molar-refractivity contribution is 7.99. The second kappa shape index (κ2) is 10.7. The third kappa shape index (κ3) is 6.37. The van der Waals surface area contributed by atoms with Gasteiger partial charge in [0.05, 0.1) is 33.3 Å². The van der Waals surface area contributed by atoms with Crippen molar-refractivity contribution in [3.8, 4) is 17.2 Å². The van der Waals surface area contributed by atoms with E-state index in [1.54, 1.807) is 12.1 Å². The zero-order chi connectivity index (χ0) is 19.6. The average Bonchev–Trinajstić information content (AvgIpc) is 2.67. The Balaban J connectivity index is 1.88. The molecule has 27 heavy (non-hydrogen) atoms. The molecule has 0 heterocycles. The predicted molar refractivity (Wildman–Crippen MR) is 109 cm³/mol. The van der Waals surface area contributed by atoms with Gasteiger partial charge in [-0.3, -0.25) is 4.79 Å². The van der Waals surface area contributed by atoms with Gasteiger partial charge in [0.1, 0.15) is 0 Å². The highest BCUT2D eigenvalue weighted by Gasteiger charge is 2.12. The van der Waals surface area contributed by atoms with Crippen LogP contribution in [-0.2, 0) is 10.5 Å². The fraction of sp³-hybridized carbons (Fsp3) is 0.263. The Kier molecular flexibility index (Phi) is 8.29. The number of thioether (sulfide) groups is 1. The SMILES string of the molecule is COc1cc(/C=N\NC(=O)CSCc2cccc(Cl)c2)cc(OC)c1OC. The van der Waals surface area contributed by atoms with Gasteiger partial charge in [0.2, 0.25) is 11.7 Å². The van der Waals surface area contributed by atoms with Crippen LogP contribution in [0.3, 0.4) is 0 Å². The van der Waals surface area contributed by atoms with Crippen LogP contribution in [0.15, 0.2) is 41.5 Å². The lowest BCUT2D eigenvalue weighted by Crippen LogP contribution is -2.19. The molecule has 1 N–H and O–H groups in total. The number of nitrogens with zero attached hydrogens (tertiary/aromatic N) is 1. The van der Waals surface area contributed by atoms with Crippen molar-refractivity contribution >= 4 is 35.5 Å². The first-order chi connectivity index (χ1) is 13.1. The highest BCUT2D eigenvalue weighted by Crippen LogP contribution is 2.37. The summed E-state index contributed by atoms with van der Waals surface area (Å²) in [6.45, 7) is 0. The standard InChI is InChI=1S/C19H21ClN2O4S/c1-24-16-8-14(9-17(25-2)19(16)26-3)10-21-22-18(23)12-27-11-13-5-4-6-15(20)7-13/h4-10H,11-12H2,1-3H3,(H,22,23)/b21-10-. The number of carbonyl (C=O) groups excluding carboxylic acids is 1. The first-order valence-corrected chi connectivity index (χ1v) is 9.54. The Morgan fingerprint density at radius 1 is 1.15 bits per heavy atom. The maximum atomic E-state index is 11.9. The smallest absolute Gasteiger partial charge is 0.250 e. The van der Waals surface area contributed by atoms with Crippen LogP contribution in [0.1, 0.15) is 11.1 Å². The number of rotatable bonds is 9. The molecule has 0 radical (unpaired) electrons. The number of ether oxygens (including phenoxy) is 3. The van der Waals surface area contributed by atoms with E-state index in [1.165, 1.54) is 39.3 Å².